The molecule has 14 rings (SSSR count). The summed E-state index contributed by atoms with van der Waals surface area (Å²) in [5.74, 6) is 4.04. The molecule has 20 heteroatoms. The highest BCUT2D eigenvalue weighted by atomic mass is 15.1. The van der Waals surface area contributed by atoms with Crippen molar-refractivity contribution >= 4 is 45.9 Å². The molecule has 446 valence electrons. The van der Waals surface area contributed by atoms with Gasteiger partial charge in [0.25, 0.3) is 0 Å². The molecule has 0 saturated heterocycles. The first-order valence-corrected chi connectivity index (χ1v) is 30.0. The van der Waals surface area contributed by atoms with E-state index in [9.17, 15) is 0 Å². The number of hydrogen-bond donors (Lipinski definition) is 4. The van der Waals surface area contributed by atoms with Gasteiger partial charge in [0.15, 0.2) is 45.9 Å². The number of anilines is 4. The molecule has 1 aromatic carbocycles. The predicted molar refractivity (Wildman–Crippen MR) is 346 cm³/mol. The first kappa shape index (κ1) is 59.2. The summed E-state index contributed by atoms with van der Waals surface area (Å²) in [5.41, 5.74) is 13.3. The van der Waals surface area contributed by atoms with Crippen molar-refractivity contribution in [2.75, 3.05) is 21.3 Å². The van der Waals surface area contributed by atoms with Gasteiger partial charge in [-0.25, -0.2) is 39.9 Å². The van der Waals surface area contributed by atoms with Gasteiger partial charge in [0, 0.05) is 162 Å². The summed E-state index contributed by atoms with van der Waals surface area (Å²) in [5, 5.41) is 13.5. The summed E-state index contributed by atoms with van der Waals surface area (Å²) in [6.45, 7) is 11.3. The van der Waals surface area contributed by atoms with Gasteiger partial charge in [-0.1, -0.05) is 114 Å². The Hall–Kier alpha value is -10.5. The van der Waals surface area contributed by atoms with Crippen molar-refractivity contribution in [1.29, 1.82) is 0 Å². The van der Waals surface area contributed by atoms with Gasteiger partial charge in [0.2, 0.25) is 0 Å². The predicted octanol–water partition coefficient (Wildman–Crippen LogP) is 12.5. The van der Waals surface area contributed by atoms with Crippen LogP contribution in [0.1, 0.15) is 110 Å². The van der Waals surface area contributed by atoms with E-state index < -0.39 is 0 Å². The summed E-state index contributed by atoms with van der Waals surface area (Å²) in [4.78, 5) is 53.1. The van der Waals surface area contributed by atoms with Crippen LogP contribution in [0.5, 0.6) is 0 Å². The quantitative estimate of drug-likeness (QED) is 0.0666. The van der Waals surface area contributed by atoms with Crippen LogP contribution in [0, 0.1) is 5.92 Å². The van der Waals surface area contributed by atoms with Crippen molar-refractivity contribution in [2.45, 2.75) is 111 Å². The maximum absolute atomic E-state index is 4.87. The third-order valence-corrected chi connectivity index (χ3v) is 15.0. The van der Waals surface area contributed by atoms with Crippen LogP contribution in [0.3, 0.4) is 0 Å². The molecule has 0 unspecified atom stereocenters. The second kappa shape index (κ2) is 29.1. The largest absolute Gasteiger partial charge is 0.363 e. The van der Waals surface area contributed by atoms with Crippen molar-refractivity contribution in [3.63, 3.8) is 0 Å². The van der Waals surface area contributed by atoms with Crippen LogP contribution >= 0.6 is 0 Å². The number of nitrogens with one attached hydrogen (secondary N) is 4. The second-order valence-electron chi connectivity index (χ2n) is 22.7. The van der Waals surface area contributed by atoms with Crippen LogP contribution in [0.2, 0.25) is 0 Å². The van der Waals surface area contributed by atoms with E-state index in [1.807, 2.05) is 148 Å². The van der Waals surface area contributed by atoms with Gasteiger partial charge in [0.05, 0.1) is 22.8 Å². The summed E-state index contributed by atoms with van der Waals surface area (Å²) >= 11 is 0. The highest BCUT2D eigenvalue weighted by Crippen LogP contribution is 2.28. The van der Waals surface area contributed by atoms with Gasteiger partial charge >= 0.3 is 0 Å². The molecule has 1 aliphatic carbocycles. The Morgan fingerprint density at radius 3 is 1.19 bits per heavy atom. The van der Waals surface area contributed by atoms with Gasteiger partial charge in [0.1, 0.15) is 0 Å². The Morgan fingerprint density at radius 1 is 0.409 bits per heavy atom. The second-order valence-corrected chi connectivity index (χ2v) is 22.7. The fraction of sp³-hybridized carbons (Fsp3) is 0.265. The van der Waals surface area contributed by atoms with Crippen LogP contribution in [0.4, 0.5) is 23.3 Å². The third-order valence-electron chi connectivity index (χ3n) is 15.0. The molecule has 0 spiro atoms. The molecule has 1 saturated carbocycles. The zero-order chi connectivity index (χ0) is 60.3. The highest BCUT2D eigenvalue weighted by molar-refractivity contribution is 5.65. The number of hydrogen-bond acceptors (Lipinski definition) is 16. The molecule has 0 bridgehead atoms. The molecule has 0 atom stereocenters. The zero-order valence-corrected chi connectivity index (χ0v) is 50.3. The standard InChI is InChI=1S/C19H23N5.C19H17N5.C16H19N5.C14H15N5/c2*1-2-5-15(6-3-1)11-17-14-24-10-9-21-19(24)18(23-17)22-13-16-7-4-8-20-12-16;1-16(2,3)13-11-21-8-7-18-15(21)14(20-13)19-10-12-5-4-6-17-9-12;1-2-12-10-19-7-6-16-14(19)13(18-12)17-9-11-4-3-5-15-8-11/h4,7-10,12,14-15H,1-3,5-6,11,13H2,(H,22,23);1-10,12,14H,11,13H2,(H,22,23);4-9,11H,10H2,1-3H3,(H,19,20);3-8,10H,2,9H2,1H3,(H,17,18). The average molecular weight is 1170 g/mol. The first-order chi connectivity index (χ1) is 43.2. The molecular formula is C68H74N20. The van der Waals surface area contributed by atoms with Gasteiger partial charge in [-0.3, -0.25) is 19.9 Å². The Kier molecular flexibility index (Phi) is 19.6. The van der Waals surface area contributed by atoms with Crippen LogP contribution in [0.15, 0.2) is 203 Å². The van der Waals surface area contributed by atoms with Crippen LogP contribution in [-0.2, 0) is 50.9 Å². The third kappa shape index (κ3) is 16.1. The maximum Gasteiger partial charge on any atom is 0.180 e. The minimum Gasteiger partial charge on any atom is -0.363 e. The molecule has 88 heavy (non-hydrogen) atoms. The molecule has 0 radical (unpaired) electrons. The Bertz CT molecular complexity index is 4230. The van der Waals surface area contributed by atoms with E-state index in [2.05, 4.69) is 123 Å². The monoisotopic (exact) mass is 1170 g/mol. The maximum atomic E-state index is 4.87. The van der Waals surface area contributed by atoms with Gasteiger partial charge in [-0.2, -0.15) is 0 Å². The highest BCUT2D eigenvalue weighted by Gasteiger charge is 2.20. The normalized spacial score (nSPS) is 12.4. The molecule has 20 nitrogen and oxygen atoms in total. The smallest absolute Gasteiger partial charge is 0.180 e. The molecule has 12 aromatic heterocycles. The number of aryl methyl sites for hydroxylation is 1. The number of rotatable bonds is 17. The molecule has 4 N–H and O–H groups in total. The topological polar surface area (TPSA) is 220 Å². The fourth-order valence-electron chi connectivity index (χ4n) is 10.3. The summed E-state index contributed by atoms with van der Waals surface area (Å²) < 4.78 is 8.10. The van der Waals surface area contributed by atoms with E-state index in [1.54, 1.807) is 43.4 Å². The van der Waals surface area contributed by atoms with Crippen molar-refractivity contribution in [2.24, 2.45) is 5.92 Å². The summed E-state index contributed by atoms with van der Waals surface area (Å²) in [7, 11) is 0. The van der Waals surface area contributed by atoms with Gasteiger partial charge in [-0.15, -0.1) is 0 Å². The van der Waals surface area contributed by atoms with E-state index in [0.29, 0.717) is 26.2 Å². The van der Waals surface area contributed by atoms with Gasteiger partial charge in [-0.05, 0) is 70.8 Å². The van der Waals surface area contributed by atoms with E-state index in [-0.39, 0.29) is 5.41 Å². The number of nitrogens with zero attached hydrogens (tertiary/aromatic N) is 16. The van der Waals surface area contributed by atoms with Crippen LogP contribution in [0.25, 0.3) is 22.6 Å². The molecule has 13 aromatic rings. The van der Waals surface area contributed by atoms with Crippen molar-refractivity contribution < 1.29 is 0 Å². The number of benzene rings is 1. The first-order valence-electron chi connectivity index (χ1n) is 30.0. The summed E-state index contributed by atoms with van der Waals surface area (Å²) in [6, 6.07) is 26.3. The fourth-order valence-corrected chi connectivity index (χ4v) is 10.3. The lowest BCUT2D eigenvalue weighted by Gasteiger charge is -2.21. The number of imidazole rings is 4. The van der Waals surface area contributed by atoms with E-state index in [1.165, 1.54) is 37.7 Å². The Morgan fingerprint density at radius 2 is 0.784 bits per heavy atom. The average Bonchev–Trinajstić information content (AvgIpc) is 3.16. The minimum absolute atomic E-state index is 0.0107. The molecule has 0 aliphatic heterocycles. The lowest BCUT2D eigenvalue weighted by molar-refractivity contribution is 0.354. The minimum atomic E-state index is -0.0107. The molecule has 1 aliphatic rings. The van der Waals surface area contributed by atoms with E-state index >= 15 is 0 Å². The SMILES string of the molecule is CC(C)(C)c1cn2ccnc2c(NCc2cccnc2)n1.CCc1cn2ccnc2c(NCc2cccnc2)n1.c1ccc(Cc2cn3ccnc3c(NCc3cccnc3)n2)cc1.c1cncc(CNc2nc(CC3CCCCC3)cn3ccnc23)c1. The van der Waals surface area contributed by atoms with Crippen molar-refractivity contribution in [3.8, 4) is 0 Å². The molecule has 12 heterocycles. The van der Waals surface area contributed by atoms with E-state index in [4.69, 9.17) is 15.0 Å². The van der Waals surface area contributed by atoms with Crippen LogP contribution < -0.4 is 21.3 Å². The lowest BCUT2D eigenvalue weighted by Crippen LogP contribution is -2.16. The number of pyridine rings is 4. The molecular weight excluding hydrogens is 1100 g/mol. The Labute approximate surface area is 512 Å². The molecule has 1 fully saturated rings. The summed E-state index contributed by atoms with van der Waals surface area (Å²) in [6.07, 6.45) is 47.3. The van der Waals surface area contributed by atoms with Crippen LogP contribution in [-0.4, -0.2) is 77.4 Å². The number of fused-ring (bicyclic) bond motifs is 4. The Balaban J connectivity index is 0.000000122. The van der Waals surface area contributed by atoms with Crippen molar-refractivity contribution in [3.05, 3.63) is 253 Å². The van der Waals surface area contributed by atoms with E-state index in [0.717, 1.165) is 116 Å². The van der Waals surface area contributed by atoms with Gasteiger partial charge < -0.3 is 38.9 Å². The molecule has 0 amide bonds. The zero-order valence-electron chi connectivity index (χ0n) is 50.3. The lowest BCUT2D eigenvalue weighted by atomic mass is 9.86. The van der Waals surface area contributed by atoms with Crippen molar-refractivity contribution in [1.82, 2.24) is 77.4 Å². The number of aromatic nitrogens is 16.